The Morgan fingerprint density at radius 1 is 1.26 bits per heavy atom. The molecule has 5 nitrogen and oxygen atoms in total. The molecular formula is C12H11NO4S2. The number of hydrogen-bond acceptors (Lipinski definition) is 5. The van der Waals surface area contributed by atoms with Gasteiger partial charge in [0, 0.05) is 11.1 Å². The largest absolute Gasteiger partial charge is 0.481 e. The van der Waals surface area contributed by atoms with Gasteiger partial charge >= 0.3 is 5.97 Å². The van der Waals surface area contributed by atoms with Crippen LogP contribution in [-0.2, 0) is 26.8 Å². The van der Waals surface area contributed by atoms with Gasteiger partial charge in [-0.15, -0.1) is 11.3 Å². The zero-order valence-electron chi connectivity index (χ0n) is 9.81. The Bertz CT molecular complexity index is 660. The van der Waals surface area contributed by atoms with Gasteiger partial charge in [-0.25, -0.2) is 8.42 Å². The number of aromatic nitrogens is 1. The summed E-state index contributed by atoms with van der Waals surface area (Å²) >= 11 is 1.29. The molecule has 1 N–H and O–H groups in total. The first-order chi connectivity index (χ1) is 8.97. The molecule has 1 aromatic heterocycles. The average Bonchev–Trinajstić information content (AvgIpc) is 2.81. The maximum Gasteiger partial charge on any atom is 0.307 e. The second-order valence-corrected chi connectivity index (χ2v) is 6.90. The van der Waals surface area contributed by atoms with Gasteiger partial charge in [-0.2, -0.15) is 0 Å². The van der Waals surface area contributed by atoms with Crippen LogP contribution in [0.2, 0.25) is 0 Å². The van der Waals surface area contributed by atoms with Crippen LogP contribution in [0.4, 0.5) is 0 Å². The molecule has 0 saturated carbocycles. The quantitative estimate of drug-likeness (QED) is 0.908. The van der Waals surface area contributed by atoms with Crippen LogP contribution in [0.15, 0.2) is 40.9 Å². The maximum atomic E-state index is 12.1. The molecule has 0 atom stereocenters. The van der Waals surface area contributed by atoms with Crippen molar-refractivity contribution in [1.82, 2.24) is 4.98 Å². The average molecular weight is 297 g/mol. The molecule has 7 heteroatoms. The van der Waals surface area contributed by atoms with Crippen LogP contribution in [0, 0.1) is 0 Å². The van der Waals surface area contributed by atoms with Crippen molar-refractivity contribution in [2.24, 2.45) is 0 Å². The third kappa shape index (κ3) is 3.62. The monoisotopic (exact) mass is 297 g/mol. The summed E-state index contributed by atoms with van der Waals surface area (Å²) in [5.41, 5.74) is 2.16. The van der Waals surface area contributed by atoms with E-state index in [4.69, 9.17) is 5.11 Å². The van der Waals surface area contributed by atoms with Crippen molar-refractivity contribution in [3.63, 3.8) is 0 Å². The summed E-state index contributed by atoms with van der Waals surface area (Å²) in [6.07, 6.45) is 1.41. The van der Waals surface area contributed by atoms with E-state index in [0.29, 0.717) is 10.4 Å². The second kappa shape index (κ2) is 5.50. The molecule has 0 aliphatic carbocycles. The van der Waals surface area contributed by atoms with Crippen molar-refractivity contribution in [2.45, 2.75) is 17.1 Å². The molecule has 2 rings (SSSR count). The minimum absolute atomic E-state index is 0.0874. The van der Waals surface area contributed by atoms with Gasteiger partial charge in [-0.05, 0) is 17.7 Å². The van der Waals surface area contributed by atoms with Crippen molar-refractivity contribution in [3.05, 3.63) is 46.4 Å². The first-order valence-corrected chi connectivity index (χ1v) is 7.91. The summed E-state index contributed by atoms with van der Waals surface area (Å²) in [4.78, 5) is 15.2. The molecule has 1 aromatic carbocycles. The number of nitrogens with zero attached hydrogens (tertiary/aromatic N) is 1. The first kappa shape index (κ1) is 13.7. The Hall–Kier alpha value is -1.73. The number of aliphatic carboxylic acids is 1. The van der Waals surface area contributed by atoms with E-state index in [1.54, 1.807) is 5.51 Å². The normalized spacial score (nSPS) is 11.4. The maximum absolute atomic E-state index is 12.1. The summed E-state index contributed by atoms with van der Waals surface area (Å²) in [6, 6.07) is 5.92. The SMILES string of the molecule is O=C(O)Cc1ccc(S(=O)(=O)Cc2cncs2)cc1. The Morgan fingerprint density at radius 2 is 1.95 bits per heavy atom. The fourth-order valence-corrected chi connectivity index (χ4v) is 3.86. The Labute approximate surface area is 114 Å². The summed E-state index contributed by atoms with van der Waals surface area (Å²) in [7, 11) is -3.41. The molecule has 2 aromatic rings. The third-order valence-corrected chi connectivity index (χ3v) is 5.10. The number of benzene rings is 1. The lowest BCUT2D eigenvalue weighted by molar-refractivity contribution is -0.136. The summed E-state index contributed by atoms with van der Waals surface area (Å²) in [5.74, 6) is -1.03. The highest BCUT2D eigenvalue weighted by Gasteiger charge is 2.16. The molecule has 0 radical (unpaired) electrons. The molecule has 0 unspecified atom stereocenters. The van der Waals surface area contributed by atoms with Gasteiger partial charge in [0.05, 0.1) is 22.6 Å². The molecule has 1 heterocycles. The van der Waals surface area contributed by atoms with Gasteiger partial charge < -0.3 is 5.11 Å². The fourth-order valence-electron chi connectivity index (χ4n) is 1.57. The topological polar surface area (TPSA) is 84.3 Å². The summed E-state index contributed by atoms with van der Waals surface area (Å²) in [5, 5.41) is 8.64. The van der Waals surface area contributed by atoms with Crippen LogP contribution in [-0.4, -0.2) is 24.5 Å². The number of carbonyl (C=O) groups is 1. The standard InChI is InChI=1S/C12H11NO4S2/c14-12(15)5-9-1-3-11(4-2-9)19(16,17)7-10-6-13-8-18-10/h1-4,6,8H,5,7H2,(H,14,15). The number of carboxylic acid groups (broad SMARTS) is 1. The minimum Gasteiger partial charge on any atom is -0.481 e. The zero-order chi connectivity index (χ0) is 13.9. The van der Waals surface area contributed by atoms with Crippen LogP contribution < -0.4 is 0 Å². The molecule has 0 spiro atoms. The first-order valence-electron chi connectivity index (χ1n) is 5.38. The van der Waals surface area contributed by atoms with Gasteiger partial charge in [0.1, 0.15) is 0 Å². The highest BCUT2D eigenvalue weighted by molar-refractivity contribution is 7.90. The molecule has 0 aliphatic rings. The van der Waals surface area contributed by atoms with Crippen molar-refractivity contribution >= 4 is 27.1 Å². The van der Waals surface area contributed by atoms with Gasteiger partial charge in [-0.3, -0.25) is 9.78 Å². The van der Waals surface area contributed by atoms with Gasteiger partial charge in [0.2, 0.25) is 0 Å². The molecule has 0 amide bonds. The lowest BCUT2D eigenvalue weighted by Crippen LogP contribution is -2.05. The smallest absolute Gasteiger partial charge is 0.307 e. The van der Waals surface area contributed by atoms with Crippen molar-refractivity contribution in [2.75, 3.05) is 0 Å². The van der Waals surface area contributed by atoms with Crippen LogP contribution in [0.25, 0.3) is 0 Å². The van der Waals surface area contributed by atoms with Gasteiger partial charge in [0.15, 0.2) is 9.84 Å². The van der Waals surface area contributed by atoms with E-state index in [9.17, 15) is 13.2 Å². The number of rotatable bonds is 5. The molecular weight excluding hydrogens is 286 g/mol. The van der Waals surface area contributed by atoms with Crippen molar-refractivity contribution < 1.29 is 18.3 Å². The Kier molecular flexibility index (Phi) is 3.96. The summed E-state index contributed by atoms with van der Waals surface area (Å²) < 4.78 is 24.2. The predicted molar refractivity (Wildman–Crippen MR) is 70.8 cm³/mol. The van der Waals surface area contributed by atoms with Gasteiger partial charge in [-0.1, -0.05) is 12.1 Å². The highest BCUT2D eigenvalue weighted by atomic mass is 32.2. The van der Waals surface area contributed by atoms with Crippen molar-refractivity contribution in [3.8, 4) is 0 Å². The van der Waals surface area contributed by atoms with E-state index in [0.717, 1.165) is 0 Å². The summed E-state index contributed by atoms with van der Waals surface area (Å²) in [6.45, 7) is 0. The zero-order valence-corrected chi connectivity index (χ0v) is 11.4. The molecule has 0 aliphatic heterocycles. The van der Waals surface area contributed by atoms with E-state index in [2.05, 4.69) is 4.98 Å². The minimum atomic E-state index is -3.41. The molecule has 0 saturated heterocycles. The van der Waals surface area contributed by atoms with Gasteiger partial charge in [0.25, 0.3) is 0 Å². The van der Waals surface area contributed by atoms with E-state index >= 15 is 0 Å². The molecule has 0 fully saturated rings. The lowest BCUT2D eigenvalue weighted by Gasteiger charge is -2.04. The fraction of sp³-hybridized carbons (Fsp3) is 0.167. The second-order valence-electron chi connectivity index (χ2n) is 3.94. The Morgan fingerprint density at radius 3 is 2.47 bits per heavy atom. The highest BCUT2D eigenvalue weighted by Crippen LogP contribution is 2.19. The number of carboxylic acids is 1. The van der Waals surface area contributed by atoms with Crippen LogP contribution in [0.3, 0.4) is 0 Å². The molecule has 100 valence electrons. The van der Waals surface area contributed by atoms with E-state index in [1.807, 2.05) is 0 Å². The molecule has 19 heavy (non-hydrogen) atoms. The number of sulfone groups is 1. The third-order valence-electron chi connectivity index (χ3n) is 2.45. The Balaban J connectivity index is 2.19. The predicted octanol–water partition coefficient (Wildman–Crippen LogP) is 1.74. The van der Waals surface area contributed by atoms with E-state index in [-0.39, 0.29) is 17.1 Å². The van der Waals surface area contributed by atoms with Crippen LogP contribution in [0.1, 0.15) is 10.4 Å². The van der Waals surface area contributed by atoms with Crippen LogP contribution >= 0.6 is 11.3 Å². The van der Waals surface area contributed by atoms with E-state index in [1.165, 1.54) is 41.8 Å². The molecule has 0 bridgehead atoms. The van der Waals surface area contributed by atoms with Crippen LogP contribution in [0.5, 0.6) is 0 Å². The lowest BCUT2D eigenvalue weighted by atomic mass is 10.2. The number of thiazole rings is 1. The van der Waals surface area contributed by atoms with E-state index < -0.39 is 15.8 Å². The number of hydrogen-bond donors (Lipinski definition) is 1. The van der Waals surface area contributed by atoms with Crippen molar-refractivity contribution in [1.29, 1.82) is 0 Å².